The van der Waals surface area contributed by atoms with Crippen LogP contribution in [0, 0.1) is 6.92 Å². The van der Waals surface area contributed by atoms with Crippen LogP contribution in [0.15, 0.2) is 18.2 Å². The van der Waals surface area contributed by atoms with Gasteiger partial charge in [0.15, 0.2) is 0 Å². The Morgan fingerprint density at radius 2 is 2.19 bits per heavy atom. The van der Waals surface area contributed by atoms with Crippen molar-refractivity contribution in [3.05, 3.63) is 29.3 Å². The first kappa shape index (κ1) is 12.6. The Morgan fingerprint density at radius 3 is 2.75 bits per heavy atom. The number of amides is 1. The van der Waals surface area contributed by atoms with E-state index in [4.69, 9.17) is 4.74 Å². The average molecular weight is 221 g/mol. The van der Waals surface area contributed by atoms with Gasteiger partial charge in [0.25, 0.3) is 5.91 Å². The molecule has 0 bridgehead atoms. The van der Waals surface area contributed by atoms with Crippen LogP contribution >= 0.6 is 0 Å². The highest BCUT2D eigenvalue weighted by atomic mass is 16.5. The van der Waals surface area contributed by atoms with E-state index in [9.17, 15) is 4.79 Å². The number of hydrogen-bond donors (Lipinski definition) is 1. The Bertz CT molecular complexity index is 361. The van der Waals surface area contributed by atoms with Gasteiger partial charge in [-0.1, -0.05) is 13.3 Å². The summed E-state index contributed by atoms with van der Waals surface area (Å²) in [6, 6.07) is 5.46. The fourth-order valence-corrected chi connectivity index (χ4v) is 1.50. The number of hydrogen-bond acceptors (Lipinski definition) is 2. The zero-order chi connectivity index (χ0) is 12.0. The maximum absolute atomic E-state index is 11.7. The van der Waals surface area contributed by atoms with Crippen LogP contribution in [0.25, 0.3) is 0 Å². The molecule has 0 saturated carbocycles. The Hall–Kier alpha value is -1.51. The quantitative estimate of drug-likeness (QED) is 0.776. The number of nitrogens with one attached hydrogen (secondary N) is 1. The number of rotatable bonds is 5. The van der Waals surface area contributed by atoms with Crippen LogP contribution in [-0.2, 0) is 0 Å². The number of carbonyl (C=O) groups is 1. The van der Waals surface area contributed by atoms with E-state index in [1.54, 1.807) is 13.2 Å². The molecule has 88 valence electrons. The van der Waals surface area contributed by atoms with Gasteiger partial charge in [0, 0.05) is 12.1 Å². The summed E-state index contributed by atoms with van der Waals surface area (Å²) in [7, 11) is 1.63. The van der Waals surface area contributed by atoms with Crippen LogP contribution in [0.2, 0.25) is 0 Å². The van der Waals surface area contributed by atoms with E-state index >= 15 is 0 Å². The summed E-state index contributed by atoms with van der Waals surface area (Å²) >= 11 is 0. The van der Waals surface area contributed by atoms with Crippen molar-refractivity contribution >= 4 is 5.91 Å². The van der Waals surface area contributed by atoms with Crippen molar-refractivity contribution in [1.29, 1.82) is 0 Å². The van der Waals surface area contributed by atoms with E-state index in [0.29, 0.717) is 5.56 Å². The third-order valence-corrected chi connectivity index (χ3v) is 2.47. The Morgan fingerprint density at radius 1 is 1.44 bits per heavy atom. The molecule has 3 heteroatoms. The highest BCUT2D eigenvalue weighted by molar-refractivity contribution is 5.94. The van der Waals surface area contributed by atoms with Crippen molar-refractivity contribution in [2.75, 3.05) is 13.7 Å². The number of aryl methyl sites for hydroxylation is 1. The third-order valence-electron chi connectivity index (χ3n) is 2.47. The van der Waals surface area contributed by atoms with Crippen molar-refractivity contribution in [2.45, 2.75) is 26.7 Å². The summed E-state index contributed by atoms with van der Waals surface area (Å²) in [5.74, 6) is 0.796. The lowest BCUT2D eigenvalue weighted by molar-refractivity contribution is 0.0953. The number of ether oxygens (including phenoxy) is 1. The summed E-state index contributed by atoms with van der Waals surface area (Å²) < 4.78 is 5.15. The molecule has 0 aromatic heterocycles. The molecule has 0 saturated heterocycles. The molecule has 0 unspecified atom stereocenters. The second-order valence-electron chi connectivity index (χ2n) is 3.79. The third kappa shape index (κ3) is 3.26. The van der Waals surface area contributed by atoms with E-state index in [0.717, 1.165) is 30.7 Å². The minimum atomic E-state index is -0.0146. The maximum atomic E-state index is 11.7. The fraction of sp³-hybridized carbons (Fsp3) is 0.462. The molecule has 0 aliphatic heterocycles. The normalized spacial score (nSPS) is 9.94. The van der Waals surface area contributed by atoms with Gasteiger partial charge in [-0.05, 0) is 37.1 Å². The fourth-order valence-electron chi connectivity index (χ4n) is 1.50. The lowest BCUT2D eigenvalue weighted by Gasteiger charge is -2.08. The average Bonchev–Trinajstić information content (AvgIpc) is 2.29. The topological polar surface area (TPSA) is 38.3 Å². The zero-order valence-electron chi connectivity index (χ0n) is 10.2. The van der Waals surface area contributed by atoms with Crippen LogP contribution in [0.3, 0.4) is 0 Å². The molecule has 0 radical (unpaired) electrons. The van der Waals surface area contributed by atoms with Crippen molar-refractivity contribution in [3.8, 4) is 5.75 Å². The van der Waals surface area contributed by atoms with Gasteiger partial charge in [-0.2, -0.15) is 0 Å². The largest absolute Gasteiger partial charge is 0.496 e. The number of methoxy groups -OCH3 is 1. The van der Waals surface area contributed by atoms with Gasteiger partial charge in [-0.25, -0.2) is 0 Å². The van der Waals surface area contributed by atoms with Crippen LogP contribution in [0.4, 0.5) is 0 Å². The van der Waals surface area contributed by atoms with E-state index in [1.165, 1.54) is 0 Å². The number of unbranched alkanes of at least 4 members (excludes halogenated alkanes) is 1. The van der Waals surface area contributed by atoms with Crippen molar-refractivity contribution < 1.29 is 9.53 Å². The highest BCUT2D eigenvalue weighted by Gasteiger charge is 2.06. The Labute approximate surface area is 96.8 Å². The molecule has 0 aliphatic rings. The van der Waals surface area contributed by atoms with Crippen LogP contribution in [0.1, 0.15) is 35.7 Å². The highest BCUT2D eigenvalue weighted by Crippen LogP contribution is 2.18. The van der Waals surface area contributed by atoms with Gasteiger partial charge < -0.3 is 10.1 Å². The van der Waals surface area contributed by atoms with E-state index in [2.05, 4.69) is 12.2 Å². The molecule has 1 rings (SSSR count). The lowest BCUT2D eigenvalue weighted by atomic mass is 10.1. The molecule has 1 amide bonds. The molecule has 0 spiro atoms. The molecular formula is C13H19NO2. The molecule has 1 aromatic carbocycles. The molecule has 0 heterocycles. The molecule has 1 aromatic rings. The van der Waals surface area contributed by atoms with Gasteiger partial charge in [-0.3, -0.25) is 4.79 Å². The zero-order valence-corrected chi connectivity index (χ0v) is 10.2. The van der Waals surface area contributed by atoms with Crippen molar-refractivity contribution in [2.24, 2.45) is 0 Å². The van der Waals surface area contributed by atoms with Gasteiger partial charge in [-0.15, -0.1) is 0 Å². The predicted molar refractivity (Wildman–Crippen MR) is 65.0 cm³/mol. The first-order chi connectivity index (χ1) is 7.69. The molecule has 3 nitrogen and oxygen atoms in total. The molecule has 0 fully saturated rings. The standard InChI is InChI=1S/C13H19NO2/c1-4-5-8-14-13(15)11-6-7-12(16-3)10(2)9-11/h6-7,9H,4-5,8H2,1-3H3,(H,14,15). The second kappa shape index (κ2) is 6.16. The summed E-state index contributed by atoms with van der Waals surface area (Å²) in [6.45, 7) is 4.77. The summed E-state index contributed by atoms with van der Waals surface area (Å²) in [4.78, 5) is 11.7. The molecule has 0 aliphatic carbocycles. The van der Waals surface area contributed by atoms with Gasteiger partial charge in [0.1, 0.15) is 5.75 Å². The monoisotopic (exact) mass is 221 g/mol. The van der Waals surface area contributed by atoms with Crippen LogP contribution in [-0.4, -0.2) is 19.6 Å². The predicted octanol–water partition coefficient (Wildman–Crippen LogP) is 2.53. The second-order valence-corrected chi connectivity index (χ2v) is 3.79. The Balaban J connectivity index is 2.66. The molecule has 1 N–H and O–H groups in total. The Kier molecular flexibility index (Phi) is 4.83. The van der Waals surface area contributed by atoms with E-state index < -0.39 is 0 Å². The van der Waals surface area contributed by atoms with Gasteiger partial charge >= 0.3 is 0 Å². The first-order valence-electron chi connectivity index (χ1n) is 5.62. The number of carbonyl (C=O) groups excluding carboxylic acids is 1. The molecule has 0 atom stereocenters. The van der Waals surface area contributed by atoms with Gasteiger partial charge in [0.05, 0.1) is 7.11 Å². The van der Waals surface area contributed by atoms with Crippen molar-refractivity contribution in [1.82, 2.24) is 5.32 Å². The van der Waals surface area contributed by atoms with Crippen LogP contribution < -0.4 is 10.1 Å². The molecular weight excluding hydrogens is 202 g/mol. The maximum Gasteiger partial charge on any atom is 0.251 e. The summed E-state index contributed by atoms with van der Waals surface area (Å²) in [5, 5.41) is 2.88. The van der Waals surface area contributed by atoms with Crippen molar-refractivity contribution in [3.63, 3.8) is 0 Å². The summed E-state index contributed by atoms with van der Waals surface area (Å²) in [6.07, 6.45) is 2.10. The lowest BCUT2D eigenvalue weighted by Crippen LogP contribution is -2.24. The van der Waals surface area contributed by atoms with E-state index in [1.807, 2.05) is 19.1 Å². The number of benzene rings is 1. The van der Waals surface area contributed by atoms with Crippen LogP contribution in [0.5, 0.6) is 5.75 Å². The minimum absolute atomic E-state index is 0.0146. The molecule has 16 heavy (non-hydrogen) atoms. The summed E-state index contributed by atoms with van der Waals surface area (Å²) in [5.41, 5.74) is 1.67. The first-order valence-corrected chi connectivity index (χ1v) is 5.62. The van der Waals surface area contributed by atoms with E-state index in [-0.39, 0.29) is 5.91 Å². The van der Waals surface area contributed by atoms with Gasteiger partial charge in [0.2, 0.25) is 0 Å². The smallest absolute Gasteiger partial charge is 0.251 e. The minimum Gasteiger partial charge on any atom is -0.496 e. The SMILES string of the molecule is CCCCNC(=O)c1ccc(OC)c(C)c1.